The number of aromatic hydroxyl groups is 1. The second-order valence-corrected chi connectivity index (χ2v) is 13.3. The average molecular weight is 660 g/mol. The molecule has 5 rings (SSSR count). The van der Waals surface area contributed by atoms with Crippen LogP contribution in [0.3, 0.4) is 0 Å². The molecule has 4 unspecified atom stereocenters. The number of amides is 3. The summed E-state index contributed by atoms with van der Waals surface area (Å²) in [7, 11) is 0. The molecular formula is C35H37N3O8S. The lowest BCUT2D eigenvalue weighted by Crippen LogP contribution is -2.74. The van der Waals surface area contributed by atoms with Gasteiger partial charge < -0.3 is 35.2 Å². The van der Waals surface area contributed by atoms with Crippen LogP contribution in [0.2, 0.25) is 0 Å². The molecule has 0 aromatic heterocycles. The van der Waals surface area contributed by atoms with Crippen molar-refractivity contribution in [2.24, 2.45) is 0 Å². The van der Waals surface area contributed by atoms with Crippen LogP contribution in [0.1, 0.15) is 56.5 Å². The molecule has 0 bridgehead atoms. The molecule has 11 nitrogen and oxygen atoms in total. The lowest BCUT2D eigenvalue weighted by atomic mass is 9.94. The van der Waals surface area contributed by atoms with Crippen LogP contribution in [-0.2, 0) is 23.9 Å². The Kier molecular flexibility index (Phi) is 9.92. The highest BCUT2D eigenvalue weighted by molar-refractivity contribution is 8.03. The molecule has 2 aliphatic heterocycles. The van der Waals surface area contributed by atoms with Gasteiger partial charge in [0.05, 0.1) is 6.10 Å². The summed E-state index contributed by atoms with van der Waals surface area (Å²) in [6.45, 7) is 6.56. The van der Waals surface area contributed by atoms with Crippen molar-refractivity contribution in [3.8, 4) is 5.75 Å². The van der Waals surface area contributed by atoms with E-state index in [-0.39, 0.29) is 5.75 Å². The number of rotatable bonds is 9. The van der Waals surface area contributed by atoms with Gasteiger partial charge in [-0.1, -0.05) is 72.8 Å². The SMILES string of the molecule is CC(O)C1=CS[C@H]2C(NC(=O)C(NC(=O)OC(C)(C)C)c3ccc(O)cc3)C(=O)N2C1C(=O)OC(c1ccccc1)c1ccccc1. The molecule has 47 heavy (non-hydrogen) atoms. The fraction of sp³-hybridized carbons (Fsp3) is 0.314. The molecule has 3 amide bonds. The fourth-order valence-corrected chi connectivity index (χ4v) is 6.70. The van der Waals surface area contributed by atoms with Crippen molar-refractivity contribution in [3.63, 3.8) is 0 Å². The number of aliphatic hydroxyl groups excluding tert-OH is 1. The van der Waals surface area contributed by atoms with E-state index in [0.717, 1.165) is 11.1 Å². The highest BCUT2D eigenvalue weighted by Gasteiger charge is 2.57. The molecule has 4 N–H and O–H groups in total. The van der Waals surface area contributed by atoms with Gasteiger partial charge in [0.15, 0.2) is 12.1 Å². The van der Waals surface area contributed by atoms with E-state index in [1.807, 2.05) is 60.7 Å². The molecule has 3 aromatic carbocycles. The standard InChI is InChI=1S/C35H37N3O8S/c1-20(39)25-19-47-32-27(36-30(41)26(21-15-17-24(40)18-16-21)37-34(44)46-35(2,3)4)31(42)38(32)28(25)33(43)45-29(22-11-7-5-8-12-22)23-13-9-6-10-14-23/h5-20,26-29,32,39-40H,1-4H3,(H,36,41)(H,37,44)/t20?,26?,27?,28?,32-/m0/s1. The highest BCUT2D eigenvalue weighted by Crippen LogP contribution is 2.42. The van der Waals surface area contributed by atoms with Crippen LogP contribution in [-0.4, -0.2) is 68.2 Å². The third-order valence-electron chi connectivity index (χ3n) is 7.61. The van der Waals surface area contributed by atoms with Gasteiger partial charge in [0.2, 0.25) is 11.8 Å². The first kappa shape index (κ1) is 33.6. The summed E-state index contributed by atoms with van der Waals surface area (Å²) in [5, 5.41) is 26.6. The van der Waals surface area contributed by atoms with E-state index in [4.69, 9.17) is 9.47 Å². The molecular weight excluding hydrogens is 622 g/mol. The lowest BCUT2D eigenvalue weighted by Gasteiger charge is -2.52. The molecule has 1 saturated heterocycles. The van der Waals surface area contributed by atoms with E-state index in [2.05, 4.69) is 10.6 Å². The van der Waals surface area contributed by atoms with Crippen LogP contribution in [0, 0.1) is 0 Å². The zero-order chi connectivity index (χ0) is 33.9. The van der Waals surface area contributed by atoms with Crippen LogP contribution < -0.4 is 10.6 Å². The number of carbonyl (C=O) groups excluding carboxylic acids is 4. The van der Waals surface area contributed by atoms with Crippen molar-refractivity contribution in [2.45, 2.75) is 69.0 Å². The summed E-state index contributed by atoms with van der Waals surface area (Å²) in [6, 6.07) is 20.6. The molecule has 5 atom stereocenters. The van der Waals surface area contributed by atoms with E-state index < -0.39 is 65.2 Å². The molecule has 0 aliphatic carbocycles. The monoisotopic (exact) mass is 659 g/mol. The number of ether oxygens (including phenoxy) is 2. The minimum Gasteiger partial charge on any atom is -0.508 e. The van der Waals surface area contributed by atoms with Gasteiger partial charge in [-0.3, -0.25) is 9.59 Å². The number of thioether (sulfide) groups is 1. The summed E-state index contributed by atoms with van der Waals surface area (Å²) in [6.07, 6.45) is -2.69. The number of hydrogen-bond donors (Lipinski definition) is 4. The molecule has 0 saturated carbocycles. The third kappa shape index (κ3) is 7.61. The summed E-state index contributed by atoms with van der Waals surface area (Å²) in [5.41, 5.74) is 1.27. The maximum Gasteiger partial charge on any atom is 0.408 e. The van der Waals surface area contributed by atoms with Crippen molar-refractivity contribution in [3.05, 3.63) is 113 Å². The predicted octanol–water partition coefficient (Wildman–Crippen LogP) is 4.32. The number of β-lactam (4-membered cyclic amide) rings is 1. The number of alkyl carbamates (subject to hydrolysis) is 1. The summed E-state index contributed by atoms with van der Waals surface area (Å²) < 4.78 is 11.4. The van der Waals surface area contributed by atoms with Crippen LogP contribution >= 0.6 is 11.8 Å². The Morgan fingerprint density at radius 1 is 0.894 bits per heavy atom. The van der Waals surface area contributed by atoms with Gasteiger partial charge in [0.1, 0.15) is 28.8 Å². The first-order chi connectivity index (χ1) is 22.3. The Hall–Kier alpha value is -4.81. The van der Waals surface area contributed by atoms with E-state index in [0.29, 0.717) is 11.1 Å². The van der Waals surface area contributed by atoms with E-state index in [9.17, 15) is 29.4 Å². The summed E-state index contributed by atoms with van der Waals surface area (Å²) >= 11 is 1.18. The smallest absolute Gasteiger partial charge is 0.408 e. The molecule has 246 valence electrons. The third-order valence-corrected chi connectivity index (χ3v) is 8.80. The van der Waals surface area contributed by atoms with Crippen molar-refractivity contribution >= 4 is 35.6 Å². The van der Waals surface area contributed by atoms with Gasteiger partial charge in [-0.25, -0.2) is 9.59 Å². The van der Waals surface area contributed by atoms with Gasteiger partial charge in [0.25, 0.3) is 0 Å². The predicted molar refractivity (Wildman–Crippen MR) is 175 cm³/mol. The Labute approximate surface area is 276 Å². The van der Waals surface area contributed by atoms with Gasteiger partial charge in [-0.05, 0) is 67.5 Å². The lowest BCUT2D eigenvalue weighted by molar-refractivity contribution is -0.166. The van der Waals surface area contributed by atoms with Gasteiger partial charge in [0, 0.05) is 0 Å². The second-order valence-electron chi connectivity index (χ2n) is 12.3. The average Bonchev–Trinajstić information content (AvgIpc) is 3.04. The van der Waals surface area contributed by atoms with Crippen molar-refractivity contribution in [1.82, 2.24) is 15.5 Å². The Bertz CT molecular complexity index is 1600. The number of phenols is 1. The molecule has 0 spiro atoms. The number of aliphatic hydroxyl groups is 1. The number of esters is 1. The van der Waals surface area contributed by atoms with Crippen molar-refractivity contribution in [2.75, 3.05) is 0 Å². The quantitative estimate of drug-likeness (QED) is 0.194. The van der Waals surface area contributed by atoms with Gasteiger partial charge in [-0.2, -0.15) is 0 Å². The normalized spacial score (nSPS) is 20.2. The van der Waals surface area contributed by atoms with Crippen molar-refractivity contribution < 1.29 is 38.9 Å². The molecule has 1 fully saturated rings. The zero-order valence-electron chi connectivity index (χ0n) is 26.3. The van der Waals surface area contributed by atoms with E-state index >= 15 is 0 Å². The summed E-state index contributed by atoms with van der Waals surface area (Å²) in [5.74, 6) is -2.01. The number of phenolic OH excluding ortho intramolecular Hbond substituents is 1. The van der Waals surface area contributed by atoms with Gasteiger partial charge >= 0.3 is 12.1 Å². The Morgan fingerprint density at radius 2 is 1.47 bits per heavy atom. The van der Waals surface area contributed by atoms with Crippen LogP contribution in [0.5, 0.6) is 5.75 Å². The van der Waals surface area contributed by atoms with Crippen molar-refractivity contribution in [1.29, 1.82) is 0 Å². The largest absolute Gasteiger partial charge is 0.508 e. The number of benzene rings is 3. The maximum atomic E-state index is 13.9. The first-order valence-corrected chi connectivity index (χ1v) is 16.0. The minimum atomic E-state index is -1.26. The molecule has 12 heteroatoms. The Morgan fingerprint density at radius 3 is 2.00 bits per heavy atom. The number of nitrogens with zero attached hydrogens (tertiary/aromatic N) is 1. The summed E-state index contributed by atoms with van der Waals surface area (Å²) in [4.78, 5) is 55.2. The number of nitrogens with one attached hydrogen (secondary N) is 2. The molecule has 0 radical (unpaired) electrons. The van der Waals surface area contributed by atoms with E-state index in [1.54, 1.807) is 26.2 Å². The van der Waals surface area contributed by atoms with Crippen LogP contribution in [0.15, 0.2) is 95.9 Å². The number of carbonyl (C=O) groups is 4. The topological polar surface area (TPSA) is 154 Å². The fourth-order valence-electron chi connectivity index (χ4n) is 5.38. The minimum absolute atomic E-state index is 0.0333. The molecule has 3 aromatic rings. The van der Waals surface area contributed by atoms with Gasteiger partial charge in [-0.15, -0.1) is 11.8 Å². The Balaban J connectivity index is 1.37. The number of hydrogen-bond acceptors (Lipinski definition) is 9. The van der Waals surface area contributed by atoms with Crippen LogP contribution in [0.25, 0.3) is 0 Å². The molecule has 2 heterocycles. The zero-order valence-corrected chi connectivity index (χ0v) is 27.1. The van der Waals surface area contributed by atoms with E-state index in [1.165, 1.54) is 47.9 Å². The first-order valence-electron chi connectivity index (χ1n) is 15.1. The van der Waals surface area contributed by atoms with Crippen LogP contribution in [0.4, 0.5) is 4.79 Å². The number of fused-ring (bicyclic) bond motifs is 1. The maximum absolute atomic E-state index is 13.9. The molecule has 2 aliphatic rings. The second kappa shape index (κ2) is 13.9. The highest BCUT2D eigenvalue weighted by atomic mass is 32.2.